The number of nitro groups is 1. The number of hydrogen-bond donors (Lipinski definition) is 3. The highest BCUT2D eigenvalue weighted by Gasteiger charge is 2.22. The number of hydrogen-bond acceptors (Lipinski definition) is 7. The predicted octanol–water partition coefficient (Wildman–Crippen LogP) is 0.865. The molecule has 156 valence electrons. The quantitative estimate of drug-likeness (QED) is 0.423. The first-order chi connectivity index (χ1) is 14.3. The van der Waals surface area contributed by atoms with Crippen molar-refractivity contribution in [2.75, 3.05) is 13.3 Å². The lowest BCUT2D eigenvalue weighted by Crippen LogP contribution is -2.46. The molecule has 0 saturated carbocycles. The Bertz CT molecular complexity index is 1010. The summed E-state index contributed by atoms with van der Waals surface area (Å²) in [5.74, 6) is -1.62. The molecular weight excluding hydrogens is 398 g/mol. The molecular formula is C19H17N3O8. The van der Waals surface area contributed by atoms with E-state index in [0.29, 0.717) is 17.1 Å². The minimum Gasteiger partial charge on any atom is -0.480 e. The molecule has 0 fully saturated rings. The Morgan fingerprint density at radius 2 is 1.90 bits per heavy atom. The molecule has 2 amide bonds. The van der Waals surface area contributed by atoms with Crippen molar-refractivity contribution in [2.24, 2.45) is 0 Å². The number of non-ortho nitro benzene ring substituents is 1. The smallest absolute Gasteiger partial charge is 0.326 e. The van der Waals surface area contributed by atoms with Gasteiger partial charge in [0.2, 0.25) is 12.7 Å². The van der Waals surface area contributed by atoms with Gasteiger partial charge in [-0.1, -0.05) is 12.1 Å². The minimum absolute atomic E-state index is 0.00343. The number of benzene rings is 2. The van der Waals surface area contributed by atoms with E-state index in [9.17, 15) is 29.6 Å². The Kier molecular flexibility index (Phi) is 6.11. The van der Waals surface area contributed by atoms with Gasteiger partial charge in [0.1, 0.15) is 6.04 Å². The monoisotopic (exact) mass is 415 g/mol. The molecule has 2 aromatic rings. The highest BCUT2D eigenvalue weighted by atomic mass is 16.7. The molecule has 11 nitrogen and oxygen atoms in total. The van der Waals surface area contributed by atoms with Crippen molar-refractivity contribution in [2.45, 2.75) is 12.5 Å². The summed E-state index contributed by atoms with van der Waals surface area (Å²) in [7, 11) is 0. The van der Waals surface area contributed by atoms with Gasteiger partial charge in [0.15, 0.2) is 11.5 Å². The number of nitrogens with zero attached hydrogens (tertiary/aromatic N) is 1. The van der Waals surface area contributed by atoms with Crippen LogP contribution in [-0.4, -0.2) is 47.2 Å². The van der Waals surface area contributed by atoms with E-state index in [2.05, 4.69) is 10.6 Å². The molecule has 30 heavy (non-hydrogen) atoms. The van der Waals surface area contributed by atoms with Gasteiger partial charge in [-0.2, -0.15) is 0 Å². The Balaban J connectivity index is 1.56. The van der Waals surface area contributed by atoms with E-state index in [-0.39, 0.29) is 24.5 Å². The zero-order valence-corrected chi connectivity index (χ0v) is 15.5. The van der Waals surface area contributed by atoms with Gasteiger partial charge in [0, 0.05) is 24.1 Å². The van der Waals surface area contributed by atoms with E-state index < -0.39 is 35.3 Å². The number of carboxylic acid groups (broad SMARTS) is 1. The van der Waals surface area contributed by atoms with Gasteiger partial charge in [-0.25, -0.2) is 4.79 Å². The summed E-state index contributed by atoms with van der Waals surface area (Å²) in [5, 5.41) is 24.8. The molecule has 3 N–H and O–H groups in total. The van der Waals surface area contributed by atoms with Crippen molar-refractivity contribution in [3.8, 4) is 11.5 Å². The maximum Gasteiger partial charge on any atom is 0.326 e. The van der Waals surface area contributed by atoms with E-state index in [1.165, 1.54) is 18.2 Å². The topological polar surface area (TPSA) is 157 Å². The van der Waals surface area contributed by atoms with Crippen LogP contribution in [0.1, 0.15) is 15.9 Å². The van der Waals surface area contributed by atoms with Crippen LogP contribution in [-0.2, 0) is 16.0 Å². The Morgan fingerprint density at radius 1 is 1.13 bits per heavy atom. The number of ether oxygens (including phenoxy) is 2. The average Bonchev–Trinajstić information content (AvgIpc) is 3.19. The molecule has 0 bridgehead atoms. The molecule has 11 heteroatoms. The fraction of sp³-hybridized carbons (Fsp3) is 0.211. The highest BCUT2D eigenvalue weighted by Crippen LogP contribution is 2.32. The largest absolute Gasteiger partial charge is 0.480 e. The van der Waals surface area contributed by atoms with Crippen LogP contribution in [0.4, 0.5) is 5.69 Å². The lowest BCUT2D eigenvalue weighted by atomic mass is 10.1. The van der Waals surface area contributed by atoms with Crippen LogP contribution in [0.15, 0.2) is 42.5 Å². The number of nitrogens with one attached hydrogen (secondary N) is 2. The van der Waals surface area contributed by atoms with Crippen LogP contribution in [0.3, 0.4) is 0 Å². The van der Waals surface area contributed by atoms with Crippen LogP contribution in [0.2, 0.25) is 0 Å². The fourth-order valence-corrected chi connectivity index (χ4v) is 2.77. The van der Waals surface area contributed by atoms with Crippen molar-refractivity contribution in [3.63, 3.8) is 0 Å². The lowest BCUT2D eigenvalue weighted by Gasteiger charge is -2.15. The maximum absolute atomic E-state index is 12.1. The van der Waals surface area contributed by atoms with Crippen LogP contribution >= 0.6 is 0 Å². The Morgan fingerprint density at radius 3 is 2.63 bits per heavy atom. The van der Waals surface area contributed by atoms with Crippen LogP contribution < -0.4 is 20.1 Å². The summed E-state index contributed by atoms with van der Waals surface area (Å²) in [6, 6.07) is 8.74. The lowest BCUT2D eigenvalue weighted by molar-refractivity contribution is -0.384. The number of aliphatic carboxylic acids is 1. The molecule has 2 aromatic carbocycles. The average molecular weight is 415 g/mol. The standard InChI is InChI=1S/C19H17N3O8/c23-17(9-20-18(24)12-2-1-3-13(8-12)22(27)28)21-14(19(25)26)6-11-4-5-15-16(7-11)30-10-29-15/h1-5,7-8,14H,6,9-10H2,(H,20,24)(H,21,23)(H,25,26). The normalized spacial score (nSPS) is 12.7. The summed E-state index contributed by atoms with van der Waals surface area (Å²) in [5.41, 5.74) is 0.362. The molecule has 3 rings (SSSR count). The molecule has 0 saturated heterocycles. The summed E-state index contributed by atoms with van der Waals surface area (Å²) < 4.78 is 10.4. The fourth-order valence-electron chi connectivity index (χ4n) is 2.77. The summed E-state index contributed by atoms with van der Waals surface area (Å²) in [6.07, 6.45) is -0.00343. The van der Waals surface area contributed by atoms with E-state index in [1.807, 2.05) is 0 Å². The first kappa shape index (κ1) is 20.6. The van der Waals surface area contributed by atoms with Gasteiger partial charge in [0.25, 0.3) is 11.6 Å². The molecule has 1 unspecified atom stereocenters. The van der Waals surface area contributed by atoms with E-state index >= 15 is 0 Å². The maximum atomic E-state index is 12.1. The van der Waals surface area contributed by atoms with Crippen molar-refractivity contribution >= 4 is 23.5 Å². The van der Waals surface area contributed by atoms with Gasteiger partial charge < -0.3 is 25.2 Å². The zero-order chi connectivity index (χ0) is 21.7. The number of carboxylic acids is 1. The third-order valence-corrected chi connectivity index (χ3v) is 4.24. The number of nitro benzene ring substituents is 1. The number of carbonyl (C=O) groups is 3. The highest BCUT2D eigenvalue weighted by molar-refractivity contribution is 5.97. The van der Waals surface area contributed by atoms with Crippen molar-refractivity contribution < 1.29 is 33.9 Å². The van der Waals surface area contributed by atoms with E-state index in [1.54, 1.807) is 18.2 Å². The van der Waals surface area contributed by atoms with Crippen molar-refractivity contribution in [1.29, 1.82) is 0 Å². The summed E-state index contributed by atoms with van der Waals surface area (Å²) in [4.78, 5) is 45.8. The SMILES string of the molecule is O=C(CNC(=O)c1cccc([N+](=O)[O-])c1)NC(Cc1ccc2c(c1)OCO2)C(=O)O. The molecule has 1 heterocycles. The van der Waals surface area contributed by atoms with Gasteiger partial charge in [-0.3, -0.25) is 19.7 Å². The number of amides is 2. The Hall–Kier alpha value is -4.15. The van der Waals surface area contributed by atoms with Crippen LogP contribution in [0.25, 0.3) is 0 Å². The Labute approximate surface area is 169 Å². The van der Waals surface area contributed by atoms with E-state index in [0.717, 1.165) is 6.07 Å². The third kappa shape index (κ3) is 5.01. The minimum atomic E-state index is -1.24. The zero-order valence-electron chi connectivity index (χ0n) is 15.5. The summed E-state index contributed by atoms with van der Waals surface area (Å²) >= 11 is 0. The van der Waals surface area contributed by atoms with Crippen molar-refractivity contribution in [3.05, 3.63) is 63.7 Å². The molecule has 0 aliphatic carbocycles. The molecule has 0 radical (unpaired) electrons. The number of fused-ring (bicyclic) bond motifs is 1. The van der Waals surface area contributed by atoms with Crippen molar-refractivity contribution in [1.82, 2.24) is 10.6 Å². The first-order valence-electron chi connectivity index (χ1n) is 8.77. The van der Waals surface area contributed by atoms with Gasteiger partial charge >= 0.3 is 5.97 Å². The van der Waals surface area contributed by atoms with E-state index in [4.69, 9.17) is 9.47 Å². The van der Waals surface area contributed by atoms with Gasteiger partial charge in [-0.15, -0.1) is 0 Å². The predicted molar refractivity (Wildman–Crippen MR) is 101 cm³/mol. The number of rotatable bonds is 8. The molecule has 0 aromatic heterocycles. The summed E-state index contributed by atoms with van der Waals surface area (Å²) in [6.45, 7) is -0.408. The molecule has 1 aliphatic heterocycles. The van der Waals surface area contributed by atoms with Gasteiger partial charge in [-0.05, 0) is 23.8 Å². The van der Waals surface area contributed by atoms with Crippen LogP contribution in [0.5, 0.6) is 11.5 Å². The third-order valence-electron chi connectivity index (χ3n) is 4.24. The second kappa shape index (κ2) is 8.90. The van der Waals surface area contributed by atoms with Gasteiger partial charge in [0.05, 0.1) is 11.5 Å². The molecule has 1 aliphatic rings. The van der Waals surface area contributed by atoms with Crippen LogP contribution in [0, 0.1) is 10.1 Å². The first-order valence-corrected chi connectivity index (χ1v) is 8.77. The molecule has 1 atom stereocenters. The second-order valence-electron chi connectivity index (χ2n) is 6.34. The number of carbonyl (C=O) groups excluding carboxylic acids is 2. The second-order valence-corrected chi connectivity index (χ2v) is 6.34. The molecule has 0 spiro atoms.